The van der Waals surface area contributed by atoms with E-state index in [0.29, 0.717) is 11.6 Å². The van der Waals surface area contributed by atoms with Gasteiger partial charge >= 0.3 is 0 Å². The van der Waals surface area contributed by atoms with Crippen molar-refractivity contribution in [1.82, 2.24) is 20.2 Å². The van der Waals surface area contributed by atoms with Gasteiger partial charge in [0, 0.05) is 18.8 Å². The molecule has 1 fully saturated rings. The molecule has 3 rings (SSSR count). The number of H-pyrrole nitrogens is 1. The molecule has 0 bridgehead atoms. The van der Waals surface area contributed by atoms with Gasteiger partial charge in [0.2, 0.25) is 5.95 Å². The topological polar surface area (TPSA) is 95.7 Å². The van der Waals surface area contributed by atoms with E-state index in [1.165, 1.54) is 12.2 Å². The molecule has 3 heterocycles. The monoisotopic (exact) mass is 265 g/mol. The van der Waals surface area contributed by atoms with Crippen LogP contribution in [0.1, 0.15) is 6.42 Å². The molecule has 0 radical (unpaired) electrons. The van der Waals surface area contributed by atoms with Crippen LogP contribution in [0.5, 0.6) is 0 Å². The fraction of sp³-hybridized carbons (Fsp3) is 0.500. The highest BCUT2D eigenvalue weighted by molar-refractivity contribution is 7.99. The number of hydrazine groups is 1. The second-order valence-electron chi connectivity index (χ2n) is 4.10. The number of hydrogen-bond acceptors (Lipinski definition) is 7. The molecule has 96 valence electrons. The van der Waals surface area contributed by atoms with Gasteiger partial charge in [0.1, 0.15) is 5.82 Å². The van der Waals surface area contributed by atoms with Crippen LogP contribution in [0.4, 0.5) is 11.8 Å². The molecule has 2 aromatic heterocycles. The zero-order valence-electron chi connectivity index (χ0n) is 9.89. The Morgan fingerprint density at radius 2 is 2.28 bits per heavy atom. The molecule has 8 heteroatoms. The normalized spacial score (nSPS) is 16.8. The number of anilines is 2. The van der Waals surface area contributed by atoms with E-state index in [2.05, 4.69) is 30.5 Å². The first kappa shape index (κ1) is 11.5. The molecule has 1 aliphatic heterocycles. The molecule has 2 aromatic rings. The molecule has 0 spiro atoms. The zero-order valence-corrected chi connectivity index (χ0v) is 10.7. The Kier molecular flexibility index (Phi) is 3.20. The van der Waals surface area contributed by atoms with Crippen LogP contribution < -0.4 is 16.2 Å². The summed E-state index contributed by atoms with van der Waals surface area (Å²) in [6, 6.07) is 0. The highest BCUT2D eigenvalue weighted by atomic mass is 32.2. The van der Waals surface area contributed by atoms with Crippen molar-refractivity contribution in [1.29, 1.82) is 0 Å². The molecule has 0 saturated carbocycles. The van der Waals surface area contributed by atoms with E-state index in [4.69, 9.17) is 5.84 Å². The van der Waals surface area contributed by atoms with E-state index in [-0.39, 0.29) is 0 Å². The highest BCUT2D eigenvalue weighted by Crippen LogP contribution is 2.25. The minimum Gasteiger partial charge on any atom is -0.355 e. The predicted molar refractivity (Wildman–Crippen MR) is 73.6 cm³/mol. The SMILES string of the molecule is NNc1nc(N2CCCSCC2)c2cn[nH]c2n1. The third-order valence-corrected chi connectivity index (χ3v) is 3.99. The summed E-state index contributed by atoms with van der Waals surface area (Å²) in [5, 5.41) is 7.83. The Bertz CT molecular complexity index is 532. The van der Waals surface area contributed by atoms with Crippen molar-refractivity contribution in [2.24, 2.45) is 5.84 Å². The fourth-order valence-corrected chi connectivity index (χ4v) is 2.97. The van der Waals surface area contributed by atoms with E-state index in [0.717, 1.165) is 30.0 Å². The van der Waals surface area contributed by atoms with Crippen molar-refractivity contribution in [3.05, 3.63) is 6.20 Å². The summed E-state index contributed by atoms with van der Waals surface area (Å²) in [5.41, 5.74) is 3.21. The lowest BCUT2D eigenvalue weighted by molar-refractivity contribution is 0.804. The van der Waals surface area contributed by atoms with E-state index in [1.807, 2.05) is 11.8 Å². The maximum Gasteiger partial charge on any atom is 0.241 e. The maximum atomic E-state index is 5.41. The Labute approximate surface area is 109 Å². The average Bonchev–Trinajstić information content (AvgIpc) is 2.70. The fourth-order valence-electron chi connectivity index (χ4n) is 2.08. The van der Waals surface area contributed by atoms with Crippen molar-refractivity contribution in [2.45, 2.75) is 6.42 Å². The number of aromatic nitrogens is 4. The lowest BCUT2D eigenvalue weighted by Crippen LogP contribution is -2.27. The third-order valence-electron chi connectivity index (χ3n) is 2.94. The van der Waals surface area contributed by atoms with E-state index >= 15 is 0 Å². The van der Waals surface area contributed by atoms with Gasteiger partial charge < -0.3 is 4.90 Å². The van der Waals surface area contributed by atoms with Crippen molar-refractivity contribution in [2.75, 3.05) is 34.9 Å². The van der Waals surface area contributed by atoms with Crippen molar-refractivity contribution < 1.29 is 0 Å². The zero-order chi connectivity index (χ0) is 12.4. The predicted octanol–water partition coefficient (Wildman–Crippen LogP) is 0.582. The van der Waals surface area contributed by atoms with Gasteiger partial charge in [-0.2, -0.15) is 26.8 Å². The molecule has 7 nitrogen and oxygen atoms in total. The summed E-state index contributed by atoms with van der Waals surface area (Å²) in [6.07, 6.45) is 2.93. The summed E-state index contributed by atoms with van der Waals surface area (Å²) >= 11 is 1.98. The number of fused-ring (bicyclic) bond motifs is 1. The second kappa shape index (κ2) is 4.99. The molecule has 0 aromatic carbocycles. The Morgan fingerprint density at radius 3 is 3.17 bits per heavy atom. The summed E-state index contributed by atoms with van der Waals surface area (Å²) < 4.78 is 0. The number of nitrogens with two attached hydrogens (primary N) is 1. The number of nitrogens with zero attached hydrogens (tertiary/aromatic N) is 4. The third kappa shape index (κ3) is 2.08. The summed E-state index contributed by atoms with van der Waals surface area (Å²) in [6.45, 7) is 2.00. The molecule has 0 atom stereocenters. The van der Waals surface area contributed by atoms with Crippen LogP contribution in [0, 0.1) is 0 Å². The highest BCUT2D eigenvalue weighted by Gasteiger charge is 2.17. The average molecular weight is 265 g/mol. The van der Waals surface area contributed by atoms with Gasteiger partial charge in [-0.25, -0.2) is 5.84 Å². The van der Waals surface area contributed by atoms with Crippen LogP contribution in [0.2, 0.25) is 0 Å². The number of nitrogen functional groups attached to an aromatic ring is 1. The molecule has 0 aliphatic carbocycles. The number of thioether (sulfide) groups is 1. The number of nitrogens with one attached hydrogen (secondary N) is 2. The van der Waals surface area contributed by atoms with E-state index in [1.54, 1.807) is 6.20 Å². The van der Waals surface area contributed by atoms with Gasteiger partial charge in [0.05, 0.1) is 11.6 Å². The largest absolute Gasteiger partial charge is 0.355 e. The smallest absolute Gasteiger partial charge is 0.241 e. The molecule has 1 saturated heterocycles. The first-order valence-corrected chi connectivity index (χ1v) is 7.04. The van der Waals surface area contributed by atoms with Gasteiger partial charge in [-0.05, 0) is 12.2 Å². The summed E-state index contributed by atoms with van der Waals surface area (Å²) in [5.74, 6) is 9.06. The molecule has 0 unspecified atom stereocenters. The second-order valence-corrected chi connectivity index (χ2v) is 5.33. The minimum atomic E-state index is 0.415. The van der Waals surface area contributed by atoms with Crippen molar-refractivity contribution in [3.63, 3.8) is 0 Å². The van der Waals surface area contributed by atoms with Crippen LogP contribution in [-0.2, 0) is 0 Å². The van der Waals surface area contributed by atoms with Gasteiger partial charge in [-0.3, -0.25) is 10.5 Å². The minimum absolute atomic E-state index is 0.415. The molecular formula is C10H15N7S. The van der Waals surface area contributed by atoms with Crippen LogP contribution in [-0.4, -0.2) is 44.8 Å². The summed E-state index contributed by atoms with van der Waals surface area (Å²) in [7, 11) is 0. The first-order chi connectivity index (χ1) is 8.88. The molecular weight excluding hydrogens is 250 g/mol. The summed E-state index contributed by atoms with van der Waals surface area (Å²) in [4.78, 5) is 11.0. The van der Waals surface area contributed by atoms with Crippen molar-refractivity contribution >= 4 is 34.6 Å². The van der Waals surface area contributed by atoms with Crippen LogP contribution in [0.15, 0.2) is 6.20 Å². The van der Waals surface area contributed by atoms with E-state index < -0.39 is 0 Å². The van der Waals surface area contributed by atoms with Gasteiger partial charge in [0.15, 0.2) is 5.65 Å². The molecule has 1 aliphatic rings. The standard InChI is InChI=1S/C10H15N7S/c11-15-10-13-8-7(6-12-16-8)9(14-10)17-2-1-4-18-5-3-17/h6H,1-5,11H2,(H2,12,13,14,15,16). The van der Waals surface area contributed by atoms with Crippen molar-refractivity contribution in [3.8, 4) is 0 Å². The van der Waals surface area contributed by atoms with Crippen LogP contribution in [0.3, 0.4) is 0 Å². The maximum absolute atomic E-state index is 5.41. The van der Waals surface area contributed by atoms with Crippen LogP contribution in [0.25, 0.3) is 11.0 Å². The molecule has 18 heavy (non-hydrogen) atoms. The van der Waals surface area contributed by atoms with Gasteiger partial charge in [-0.15, -0.1) is 0 Å². The van der Waals surface area contributed by atoms with Gasteiger partial charge in [-0.1, -0.05) is 0 Å². The lowest BCUT2D eigenvalue weighted by atomic mass is 10.3. The number of aromatic amines is 1. The molecule has 4 N–H and O–H groups in total. The Morgan fingerprint density at radius 1 is 1.33 bits per heavy atom. The van der Waals surface area contributed by atoms with Crippen LogP contribution >= 0.6 is 11.8 Å². The van der Waals surface area contributed by atoms with E-state index in [9.17, 15) is 0 Å². The molecule has 0 amide bonds. The quantitative estimate of drug-likeness (QED) is 0.540. The number of rotatable bonds is 2. The first-order valence-electron chi connectivity index (χ1n) is 5.89. The number of hydrogen-bond donors (Lipinski definition) is 3. The Hall–Kier alpha value is -1.54. The Balaban J connectivity index is 2.04. The van der Waals surface area contributed by atoms with Gasteiger partial charge in [0.25, 0.3) is 0 Å². The lowest BCUT2D eigenvalue weighted by Gasteiger charge is -2.21.